The predicted molar refractivity (Wildman–Crippen MR) is 39.0 cm³/mol. The highest BCUT2D eigenvalue weighted by Crippen LogP contribution is 1.92. The molecule has 0 atom stereocenters. The number of carbonyl (C=O) groups is 1. The zero-order valence-electron chi connectivity index (χ0n) is 3.04. The third-order valence-electron chi connectivity index (χ3n) is 0. The quantitative estimate of drug-likeness (QED) is 0.363. The maximum atomic E-state index is 9.28. The summed E-state index contributed by atoms with van der Waals surface area (Å²) in [5, 5.41) is 0. The van der Waals surface area contributed by atoms with Gasteiger partial charge < -0.3 is 0 Å². The van der Waals surface area contributed by atoms with E-state index < -0.39 is 0 Å². The molecule has 0 aliphatic carbocycles. The van der Waals surface area contributed by atoms with E-state index in [4.69, 9.17) is 11.1 Å². The zero-order valence-corrected chi connectivity index (χ0v) is 8.97. The van der Waals surface area contributed by atoms with Crippen molar-refractivity contribution in [2.75, 3.05) is 0 Å². The van der Waals surface area contributed by atoms with Crippen LogP contribution in [0.2, 0.25) is 0 Å². The van der Waals surface area contributed by atoms with Gasteiger partial charge in [0.25, 0.3) is 3.60 Å². The van der Waals surface area contributed by atoms with E-state index in [0.717, 1.165) is 9.55 Å². The van der Waals surface area contributed by atoms with Crippen LogP contribution >= 0.6 is 42.9 Å². The summed E-state index contributed by atoms with van der Waals surface area (Å²) < 4.78 is -0.208. The Balaban J connectivity index is 0. The first-order valence-electron chi connectivity index (χ1n) is 0.960. The minimum Gasteiger partial charge on any atom is -0.273 e. The average molecular weight is 254 g/mol. The van der Waals surface area contributed by atoms with Crippen molar-refractivity contribution in [3.8, 4) is 0 Å². The molecule has 0 heterocycles. The minimum atomic E-state index is -0.208. The van der Waals surface area contributed by atoms with Crippen molar-refractivity contribution in [1.82, 2.24) is 0 Å². The van der Waals surface area contributed by atoms with Crippen molar-refractivity contribution in [2.45, 2.75) is 0 Å². The minimum absolute atomic E-state index is 0.208. The molecule has 0 aromatic carbocycles. The zero-order chi connectivity index (χ0) is 5.58. The lowest BCUT2D eigenvalue weighted by molar-refractivity contribution is 0.278. The van der Waals surface area contributed by atoms with Gasteiger partial charge in [-0.15, -0.1) is 0 Å². The first-order valence-corrected chi connectivity index (χ1v) is 5.57. The van der Waals surface area contributed by atoms with Crippen LogP contribution in [0.4, 0.5) is 4.79 Å². The van der Waals surface area contributed by atoms with E-state index in [9.17, 15) is 4.79 Å². The fraction of sp³-hybridized carbons (Fsp3) is 0. The number of hydrogen-bond donors (Lipinski definition) is 0. The predicted octanol–water partition coefficient (Wildman–Crippen LogP) is 1.40. The van der Waals surface area contributed by atoms with Gasteiger partial charge in [-0.2, -0.15) is 11.1 Å². The molecule has 0 aliphatic rings. The van der Waals surface area contributed by atoms with E-state index in [0.29, 0.717) is 0 Å². The molecule has 0 aliphatic heterocycles. The summed E-state index contributed by atoms with van der Waals surface area (Å²) in [6.07, 6.45) is 0. The molecular weight excluding hydrogens is 251 g/mol. The largest absolute Gasteiger partial charge is 0.273 e. The Morgan fingerprint density at radius 2 is 1.50 bits per heavy atom. The molecule has 1 nitrogen and oxygen atoms in total. The van der Waals surface area contributed by atoms with Crippen LogP contribution in [0.1, 0.15) is 0 Å². The molecule has 5 heteroatoms. The van der Waals surface area contributed by atoms with Crippen LogP contribution in [0.5, 0.6) is 0 Å². The number of carbonyl (C=O) groups excluding carboxylic acids is 1. The van der Waals surface area contributed by atoms with Crippen molar-refractivity contribution >= 4 is 56.1 Å². The van der Waals surface area contributed by atoms with Crippen LogP contribution in [-0.4, -0.2) is 13.2 Å². The average Bonchev–Trinajstić information content (AvgIpc) is 1.41. The van der Waals surface area contributed by atoms with Gasteiger partial charge in [-0.05, 0) is 0 Å². The highest BCUT2D eigenvalue weighted by atomic mass is 79.9. The van der Waals surface area contributed by atoms with E-state index in [1.54, 1.807) is 0 Å². The second-order valence-electron chi connectivity index (χ2n) is 0.226. The molecule has 38 valence electrons. The van der Waals surface area contributed by atoms with Crippen LogP contribution in [0, 0.1) is 0 Å². The van der Waals surface area contributed by atoms with Crippen LogP contribution < -0.4 is 0 Å². The molecule has 0 amide bonds. The number of hydrogen-bond acceptors (Lipinski definition) is 1. The Morgan fingerprint density at radius 1 is 1.50 bits per heavy atom. The molecule has 0 spiro atoms. The molecule has 0 aromatic rings. The second kappa shape index (κ2) is 9.46. The Hall–Kier alpha value is 1.14. The standard InChI is InChI=1S/CBr2O.ClH3Si/c2-1(3)4;1-2/h;2H3. The highest BCUT2D eigenvalue weighted by Gasteiger charge is 1.70. The third-order valence-corrected chi connectivity index (χ3v) is 0. The molecule has 6 heavy (non-hydrogen) atoms. The van der Waals surface area contributed by atoms with Gasteiger partial charge in [0.2, 0.25) is 0 Å². The molecule has 0 fully saturated rings. The lowest BCUT2D eigenvalue weighted by Crippen LogP contribution is -1.42. The molecule has 0 aromatic heterocycles. The summed E-state index contributed by atoms with van der Waals surface area (Å²) in [7, 11) is 0.778. The van der Waals surface area contributed by atoms with Crippen molar-refractivity contribution in [1.29, 1.82) is 0 Å². The van der Waals surface area contributed by atoms with Gasteiger partial charge in [0.05, 0.1) is 0 Å². The summed E-state index contributed by atoms with van der Waals surface area (Å²) in [5.74, 6) is 0. The van der Waals surface area contributed by atoms with Crippen molar-refractivity contribution in [3.63, 3.8) is 0 Å². The van der Waals surface area contributed by atoms with Crippen molar-refractivity contribution in [3.05, 3.63) is 0 Å². The van der Waals surface area contributed by atoms with Crippen LogP contribution in [0.15, 0.2) is 0 Å². The van der Waals surface area contributed by atoms with Crippen LogP contribution in [0.3, 0.4) is 0 Å². The van der Waals surface area contributed by atoms with E-state index >= 15 is 0 Å². The van der Waals surface area contributed by atoms with Gasteiger partial charge in [0, 0.05) is 31.9 Å². The Labute approximate surface area is 60.8 Å². The van der Waals surface area contributed by atoms with Gasteiger partial charge in [0.15, 0.2) is 0 Å². The second-order valence-corrected chi connectivity index (χ2v) is 2.73. The topological polar surface area (TPSA) is 17.1 Å². The van der Waals surface area contributed by atoms with E-state index in [1.165, 1.54) is 0 Å². The number of halogens is 3. The Bertz CT molecular complexity index is 36.5. The van der Waals surface area contributed by atoms with Crippen molar-refractivity contribution < 1.29 is 4.79 Å². The van der Waals surface area contributed by atoms with Crippen LogP contribution in [0.25, 0.3) is 0 Å². The van der Waals surface area contributed by atoms with Gasteiger partial charge in [-0.25, -0.2) is 0 Å². The number of rotatable bonds is 0. The Kier molecular flexibility index (Phi) is 16.1. The molecular formula is CH3Br2ClOSi. The van der Waals surface area contributed by atoms with Gasteiger partial charge >= 0.3 is 0 Å². The molecule has 0 rings (SSSR count). The van der Waals surface area contributed by atoms with Gasteiger partial charge in [0.1, 0.15) is 9.55 Å². The summed E-state index contributed by atoms with van der Waals surface area (Å²) in [5.41, 5.74) is 0. The summed E-state index contributed by atoms with van der Waals surface area (Å²) >= 11 is 9.88. The summed E-state index contributed by atoms with van der Waals surface area (Å²) in [4.78, 5) is 9.28. The smallest absolute Gasteiger partial charge is 0.262 e. The lowest BCUT2D eigenvalue weighted by atomic mass is 11.9. The van der Waals surface area contributed by atoms with E-state index in [-0.39, 0.29) is 3.60 Å². The molecule has 0 saturated carbocycles. The SMILES string of the molecule is O=C(Br)Br.[SiH3]Cl. The monoisotopic (exact) mass is 252 g/mol. The first-order chi connectivity index (χ1) is 2.73. The summed E-state index contributed by atoms with van der Waals surface area (Å²) in [6, 6.07) is 0. The molecule has 0 bridgehead atoms. The van der Waals surface area contributed by atoms with Gasteiger partial charge in [-0.3, -0.25) is 4.79 Å². The lowest BCUT2D eigenvalue weighted by Gasteiger charge is -1.49. The van der Waals surface area contributed by atoms with Gasteiger partial charge in [-0.1, -0.05) is 0 Å². The third kappa shape index (κ3) is 68.0. The Morgan fingerprint density at radius 3 is 1.50 bits per heavy atom. The maximum absolute atomic E-state index is 9.28. The fourth-order valence-electron chi connectivity index (χ4n) is 0. The molecule has 0 N–H and O–H groups in total. The van der Waals surface area contributed by atoms with E-state index in [2.05, 4.69) is 31.9 Å². The van der Waals surface area contributed by atoms with Crippen molar-refractivity contribution in [2.24, 2.45) is 0 Å². The summed E-state index contributed by atoms with van der Waals surface area (Å²) in [6.45, 7) is 0. The fourth-order valence-corrected chi connectivity index (χ4v) is 0. The normalized spacial score (nSPS) is 5.83. The molecule has 0 unspecified atom stereocenters. The highest BCUT2D eigenvalue weighted by molar-refractivity contribution is 9.39. The first kappa shape index (κ1) is 10.2. The van der Waals surface area contributed by atoms with Crippen LogP contribution in [-0.2, 0) is 0 Å². The maximum Gasteiger partial charge on any atom is 0.262 e. The molecule has 0 radical (unpaired) electrons. The van der Waals surface area contributed by atoms with E-state index in [1.807, 2.05) is 0 Å². The molecule has 0 saturated heterocycles.